The normalized spacial score (nSPS) is 18.6. The average molecular weight is 385 g/mol. The van der Waals surface area contributed by atoms with E-state index in [1.807, 2.05) is 37.8 Å². The molecule has 23 heavy (non-hydrogen) atoms. The summed E-state index contributed by atoms with van der Waals surface area (Å²) in [5, 5.41) is 0. The van der Waals surface area contributed by atoms with Crippen LogP contribution in [0, 0.1) is 0 Å². The van der Waals surface area contributed by atoms with Gasteiger partial charge in [0.15, 0.2) is 0 Å². The van der Waals surface area contributed by atoms with E-state index in [4.69, 9.17) is 9.47 Å². The van der Waals surface area contributed by atoms with Crippen LogP contribution in [0.1, 0.15) is 46.5 Å². The number of rotatable bonds is 4. The highest BCUT2D eigenvalue weighted by molar-refractivity contribution is 9.10. The molecule has 0 radical (unpaired) electrons. The van der Waals surface area contributed by atoms with Crippen LogP contribution in [0.4, 0.5) is 4.79 Å². The van der Waals surface area contributed by atoms with E-state index in [0.29, 0.717) is 12.5 Å². The number of halogens is 1. The number of pyridine rings is 1. The highest BCUT2D eigenvalue weighted by Crippen LogP contribution is 2.23. The van der Waals surface area contributed by atoms with E-state index in [2.05, 4.69) is 20.9 Å². The zero-order chi connectivity index (χ0) is 16.9. The molecule has 0 saturated carbocycles. The fourth-order valence-corrected chi connectivity index (χ4v) is 2.84. The van der Waals surface area contributed by atoms with Gasteiger partial charge in [0, 0.05) is 35.7 Å². The van der Waals surface area contributed by atoms with E-state index in [-0.39, 0.29) is 12.1 Å². The van der Waals surface area contributed by atoms with Gasteiger partial charge < -0.3 is 14.4 Å². The quantitative estimate of drug-likeness (QED) is 0.771. The van der Waals surface area contributed by atoms with Gasteiger partial charge in [-0.2, -0.15) is 0 Å². The van der Waals surface area contributed by atoms with E-state index < -0.39 is 5.60 Å². The van der Waals surface area contributed by atoms with Crippen molar-refractivity contribution in [3.05, 3.63) is 22.8 Å². The molecule has 0 N–H and O–H groups in total. The Morgan fingerprint density at radius 2 is 2.17 bits per heavy atom. The summed E-state index contributed by atoms with van der Waals surface area (Å²) < 4.78 is 12.1. The highest BCUT2D eigenvalue weighted by atomic mass is 79.9. The predicted octanol–water partition coefficient (Wildman–Crippen LogP) is 4.40. The Morgan fingerprint density at radius 1 is 1.39 bits per heavy atom. The summed E-state index contributed by atoms with van der Waals surface area (Å²) in [6.07, 6.45) is 5.45. The first-order chi connectivity index (χ1) is 10.8. The predicted molar refractivity (Wildman–Crippen MR) is 92.6 cm³/mol. The van der Waals surface area contributed by atoms with Crippen LogP contribution in [-0.4, -0.2) is 40.8 Å². The van der Waals surface area contributed by atoms with Crippen molar-refractivity contribution >= 4 is 22.0 Å². The van der Waals surface area contributed by atoms with Gasteiger partial charge in [0.05, 0.1) is 6.61 Å². The molecule has 1 aliphatic rings. The molecular weight excluding hydrogens is 360 g/mol. The van der Waals surface area contributed by atoms with Crippen molar-refractivity contribution < 1.29 is 14.3 Å². The summed E-state index contributed by atoms with van der Waals surface area (Å²) >= 11 is 3.35. The average Bonchev–Trinajstić information content (AvgIpc) is 2.48. The molecule has 1 aromatic rings. The second kappa shape index (κ2) is 7.99. The van der Waals surface area contributed by atoms with Crippen LogP contribution in [-0.2, 0) is 4.74 Å². The van der Waals surface area contributed by atoms with E-state index in [1.54, 1.807) is 6.20 Å². The minimum atomic E-state index is -0.461. The summed E-state index contributed by atoms with van der Waals surface area (Å²) in [5.41, 5.74) is -0.461. The molecule has 5 nitrogen and oxygen atoms in total. The van der Waals surface area contributed by atoms with Crippen LogP contribution in [0.25, 0.3) is 0 Å². The van der Waals surface area contributed by atoms with Gasteiger partial charge in [0.1, 0.15) is 5.60 Å². The molecule has 2 rings (SSSR count). The molecule has 6 heteroatoms. The summed E-state index contributed by atoms with van der Waals surface area (Å²) in [7, 11) is 0. The maximum Gasteiger partial charge on any atom is 0.410 e. The molecule has 0 unspecified atom stereocenters. The van der Waals surface area contributed by atoms with Crippen LogP contribution in [0.5, 0.6) is 5.88 Å². The number of carbonyl (C=O) groups is 1. The Kier molecular flexibility index (Phi) is 6.27. The smallest absolute Gasteiger partial charge is 0.410 e. The fourth-order valence-electron chi connectivity index (χ4n) is 2.61. The summed E-state index contributed by atoms with van der Waals surface area (Å²) in [4.78, 5) is 18.4. The molecule has 0 bridgehead atoms. The van der Waals surface area contributed by atoms with Crippen molar-refractivity contribution in [1.82, 2.24) is 9.88 Å². The van der Waals surface area contributed by atoms with Crippen molar-refractivity contribution in [3.63, 3.8) is 0 Å². The third-order valence-corrected chi connectivity index (χ3v) is 4.13. The van der Waals surface area contributed by atoms with Crippen LogP contribution in [0.2, 0.25) is 0 Å². The molecule has 0 aromatic carbocycles. The Balaban J connectivity index is 1.86. The van der Waals surface area contributed by atoms with Gasteiger partial charge in [-0.15, -0.1) is 0 Å². The molecule has 0 aliphatic carbocycles. The lowest BCUT2D eigenvalue weighted by molar-refractivity contribution is 0.00738. The highest BCUT2D eigenvalue weighted by Gasteiger charge is 2.30. The molecule has 1 amide bonds. The lowest BCUT2D eigenvalue weighted by Crippen LogP contribution is -2.46. The SMILES string of the molecule is CC(C)(C)OC(=O)N1CCCC[C@@H]1CCOc1ccc(Br)cn1. The van der Waals surface area contributed by atoms with Gasteiger partial charge >= 0.3 is 6.09 Å². The van der Waals surface area contributed by atoms with E-state index >= 15 is 0 Å². The maximum absolute atomic E-state index is 12.3. The van der Waals surface area contributed by atoms with Crippen LogP contribution in [0.3, 0.4) is 0 Å². The first-order valence-electron chi connectivity index (χ1n) is 8.09. The number of piperidine rings is 1. The first-order valence-corrected chi connectivity index (χ1v) is 8.88. The number of hydrogen-bond donors (Lipinski definition) is 0. The maximum atomic E-state index is 12.3. The molecule has 2 heterocycles. The standard InChI is InChI=1S/C17H25BrN2O3/c1-17(2,3)23-16(21)20-10-5-4-6-14(20)9-11-22-15-8-7-13(18)12-19-15/h7-8,12,14H,4-6,9-11H2,1-3H3/t14-/m1/s1. The molecule has 1 saturated heterocycles. The molecule has 1 fully saturated rings. The van der Waals surface area contributed by atoms with E-state index in [9.17, 15) is 4.79 Å². The van der Waals surface area contributed by atoms with Crippen LogP contribution in [0.15, 0.2) is 22.8 Å². The van der Waals surface area contributed by atoms with E-state index in [0.717, 1.165) is 36.7 Å². The molecule has 1 aliphatic heterocycles. The second-order valence-corrected chi connectivity index (χ2v) is 7.69. The third-order valence-electron chi connectivity index (χ3n) is 3.66. The van der Waals surface area contributed by atoms with Crippen molar-refractivity contribution in [1.29, 1.82) is 0 Å². The van der Waals surface area contributed by atoms with Gasteiger partial charge in [-0.1, -0.05) is 0 Å². The Bertz CT molecular complexity index is 514. The van der Waals surface area contributed by atoms with Crippen LogP contribution < -0.4 is 4.74 Å². The molecular formula is C17H25BrN2O3. The number of likely N-dealkylation sites (tertiary alicyclic amines) is 1. The molecule has 1 atom stereocenters. The number of ether oxygens (including phenoxy) is 2. The molecule has 1 aromatic heterocycles. The number of amides is 1. The number of carbonyl (C=O) groups excluding carboxylic acids is 1. The summed E-state index contributed by atoms with van der Waals surface area (Å²) in [5.74, 6) is 0.604. The second-order valence-electron chi connectivity index (χ2n) is 6.78. The van der Waals surface area contributed by atoms with Crippen molar-refractivity contribution in [2.45, 2.75) is 58.1 Å². The van der Waals surface area contributed by atoms with Gasteiger partial charge in [-0.25, -0.2) is 9.78 Å². The molecule has 0 spiro atoms. The fraction of sp³-hybridized carbons (Fsp3) is 0.647. The zero-order valence-electron chi connectivity index (χ0n) is 14.0. The van der Waals surface area contributed by atoms with Crippen molar-refractivity contribution in [2.24, 2.45) is 0 Å². The number of aromatic nitrogens is 1. The zero-order valence-corrected chi connectivity index (χ0v) is 15.6. The van der Waals surface area contributed by atoms with Gasteiger partial charge in [-0.3, -0.25) is 0 Å². The Labute approximate surface area is 146 Å². The Hall–Kier alpha value is -1.30. The van der Waals surface area contributed by atoms with Crippen molar-refractivity contribution in [3.8, 4) is 5.88 Å². The summed E-state index contributed by atoms with van der Waals surface area (Å²) in [6.45, 7) is 6.99. The third kappa shape index (κ3) is 6.01. The first kappa shape index (κ1) is 18.0. The van der Waals surface area contributed by atoms with Gasteiger partial charge in [0.2, 0.25) is 5.88 Å². The summed E-state index contributed by atoms with van der Waals surface area (Å²) in [6, 6.07) is 3.90. The van der Waals surface area contributed by atoms with Gasteiger partial charge in [-0.05, 0) is 62.0 Å². The van der Waals surface area contributed by atoms with E-state index in [1.165, 1.54) is 0 Å². The van der Waals surface area contributed by atoms with Crippen LogP contribution >= 0.6 is 15.9 Å². The number of hydrogen-bond acceptors (Lipinski definition) is 4. The Morgan fingerprint density at radius 3 is 2.83 bits per heavy atom. The number of nitrogens with zero attached hydrogens (tertiary/aromatic N) is 2. The van der Waals surface area contributed by atoms with Gasteiger partial charge in [0.25, 0.3) is 0 Å². The topological polar surface area (TPSA) is 51.7 Å². The monoisotopic (exact) mass is 384 g/mol. The minimum Gasteiger partial charge on any atom is -0.478 e. The largest absolute Gasteiger partial charge is 0.478 e. The van der Waals surface area contributed by atoms with Crippen molar-refractivity contribution in [2.75, 3.05) is 13.2 Å². The molecule has 128 valence electrons. The lowest BCUT2D eigenvalue weighted by atomic mass is 10.0. The minimum absolute atomic E-state index is 0.175. The lowest BCUT2D eigenvalue weighted by Gasteiger charge is -2.36.